The number of carbonyl (C=O) groups is 2. The lowest BCUT2D eigenvalue weighted by Gasteiger charge is -1.95. The Balaban J connectivity index is 3.36. The topological polar surface area (TPSA) is 46.2 Å². The molecule has 0 aliphatic rings. The smallest absolute Gasteiger partial charge is 0.224 e. The maximum atomic E-state index is 10.8. The highest BCUT2D eigenvalue weighted by atomic mass is 16.2. The normalized spacial score (nSPS) is 9.91. The summed E-state index contributed by atoms with van der Waals surface area (Å²) in [5.41, 5.74) is 0. The summed E-state index contributed by atoms with van der Waals surface area (Å²) in [5, 5.41) is 2.43. The van der Waals surface area contributed by atoms with Crippen LogP contribution in [0.3, 0.4) is 0 Å². The van der Waals surface area contributed by atoms with Gasteiger partial charge in [0.15, 0.2) is 0 Å². The Bertz CT molecular complexity index is 152. The monoisotopic (exact) mass is 155 g/mol. The van der Waals surface area contributed by atoms with E-state index in [0.29, 0.717) is 12.7 Å². The maximum absolute atomic E-state index is 10.8. The third kappa shape index (κ3) is 6.77. The van der Waals surface area contributed by atoms with Crippen LogP contribution in [0.2, 0.25) is 0 Å². The molecular formula is C8H13NO2. The van der Waals surface area contributed by atoms with Gasteiger partial charge in [0.1, 0.15) is 6.29 Å². The van der Waals surface area contributed by atoms with Gasteiger partial charge < -0.3 is 10.1 Å². The zero-order chi connectivity index (χ0) is 8.53. The van der Waals surface area contributed by atoms with Gasteiger partial charge in [0.05, 0.1) is 6.54 Å². The molecular weight excluding hydrogens is 142 g/mol. The van der Waals surface area contributed by atoms with Gasteiger partial charge in [0.2, 0.25) is 5.91 Å². The van der Waals surface area contributed by atoms with E-state index < -0.39 is 0 Å². The molecule has 0 saturated carbocycles. The summed E-state index contributed by atoms with van der Waals surface area (Å²) in [7, 11) is 0. The highest BCUT2D eigenvalue weighted by molar-refractivity contribution is 5.79. The summed E-state index contributed by atoms with van der Waals surface area (Å²) >= 11 is 0. The fourth-order valence-electron chi connectivity index (χ4n) is 0.585. The Morgan fingerprint density at radius 3 is 2.73 bits per heavy atom. The lowest BCUT2D eigenvalue weighted by molar-refractivity contribution is -0.121. The summed E-state index contributed by atoms with van der Waals surface area (Å²) in [5.74, 6) is -0.109. The average molecular weight is 155 g/mol. The van der Waals surface area contributed by atoms with Crippen molar-refractivity contribution in [2.45, 2.75) is 19.8 Å². The number of nitrogens with one attached hydrogen (secondary N) is 1. The summed E-state index contributed by atoms with van der Waals surface area (Å²) in [6.45, 7) is 2.11. The van der Waals surface area contributed by atoms with Gasteiger partial charge in [0.25, 0.3) is 0 Å². The lowest BCUT2D eigenvalue weighted by atomic mass is 10.3. The Hall–Kier alpha value is -1.12. The van der Waals surface area contributed by atoms with E-state index in [1.54, 1.807) is 6.08 Å². The van der Waals surface area contributed by atoms with E-state index in [-0.39, 0.29) is 12.5 Å². The molecule has 0 unspecified atom stereocenters. The molecule has 0 rings (SSSR count). The summed E-state index contributed by atoms with van der Waals surface area (Å²) in [4.78, 5) is 20.6. The second-order valence-corrected chi connectivity index (χ2v) is 2.05. The van der Waals surface area contributed by atoms with E-state index in [9.17, 15) is 9.59 Å². The Morgan fingerprint density at radius 1 is 1.45 bits per heavy atom. The molecule has 3 nitrogen and oxygen atoms in total. The van der Waals surface area contributed by atoms with Crippen molar-refractivity contribution in [3.8, 4) is 0 Å². The molecule has 1 amide bonds. The number of carbonyl (C=O) groups excluding carboxylic acids is 2. The highest BCUT2D eigenvalue weighted by Crippen LogP contribution is 1.85. The molecule has 0 spiro atoms. The molecule has 0 atom stereocenters. The van der Waals surface area contributed by atoms with Gasteiger partial charge in [-0.15, -0.1) is 0 Å². The SMILES string of the molecule is CC/C=C\CC(=O)NCC=O. The van der Waals surface area contributed by atoms with E-state index in [1.807, 2.05) is 13.0 Å². The Morgan fingerprint density at radius 2 is 2.18 bits per heavy atom. The quantitative estimate of drug-likeness (QED) is 0.468. The van der Waals surface area contributed by atoms with Crippen molar-refractivity contribution in [2.75, 3.05) is 6.54 Å². The standard InChI is InChI=1S/C8H13NO2/c1-2-3-4-5-8(11)9-6-7-10/h3-4,7H,2,5-6H2,1H3,(H,9,11)/b4-3-. The second-order valence-electron chi connectivity index (χ2n) is 2.05. The number of allylic oxidation sites excluding steroid dienone is 1. The van der Waals surface area contributed by atoms with Crippen molar-refractivity contribution in [3.63, 3.8) is 0 Å². The summed E-state index contributed by atoms with van der Waals surface area (Å²) < 4.78 is 0. The minimum atomic E-state index is -0.109. The molecule has 11 heavy (non-hydrogen) atoms. The van der Waals surface area contributed by atoms with Crippen LogP contribution in [-0.4, -0.2) is 18.7 Å². The van der Waals surface area contributed by atoms with Crippen LogP contribution in [0.25, 0.3) is 0 Å². The third-order valence-electron chi connectivity index (χ3n) is 1.09. The van der Waals surface area contributed by atoms with E-state index in [0.717, 1.165) is 6.42 Å². The van der Waals surface area contributed by atoms with Gasteiger partial charge in [-0.3, -0.25) is 4.79 Å². The van der Waals surface area contributed by atoms with Crippen LogP contribution in [0.1, 0.15) is 19.8 Å². The molecule has 1 N–H and O–H groups in total. The molecule has 3 heteroatoms. The minimum Gasteiger partial charge on any atom is -0.349 e. The van der Waals surface area contributed by atoms with Crippen molar-refractivity contribution in [2.24, 2.45) is 0 Å². The molecule has 0 aromatic rings. The van der Waals surface area contributed by atoms with Gasteiger partial charge in [-0.1, -0.05) is 19.1 Å². The van der Waals surface area contributed by atoms with Crippen molar-refractivity contribution < 1.29 is 9.59 Å². The van der Waals surface area contributed by atoms with Crippen LogP contribution < -0.4 is 5.32 Å². The molecule has 62 valence electrons. The summed E-state index contributed by atoms with van der Waals surface area (Å²) in [6.07, 6.45) is 5.67. The fraction of sp³-hybridized carbons (Fsp3) is 0.500. The molecule has 0 fully saturated rings. The van der Waals surface area contributed by atoms with Gasteiger partial charge in [-0.05, 0) is 6.42 Å². The zero-order valence-electron chi connectivity index (χ0n) is 6.67. The molecule has 0 aromatic carbocycles. The van der Waals surface area contributed by atoms with E-state index in [2.05, 4.69) is 5.32 Å². The largest absolute Gasteiger partial charge is 0.349 e. The third-order valence-corrected chi connectivity index (χ3v) is 1.09. The van der Waals surface area contributed by atoms with Crippen molar-refractivity contribution in [1.82, 2.24) is 5.32 Å². The molecule has 0 aromatic heterocycles. The van der Waals surface area contributed by atoms with Crippen LogP contribution in [0.5, 0.6) is 0 Å². The zero-order valence-corrected chi connectivity index (χ0v) is 6.67. The van der Waals surface area contributed by atoms with Crippen LogP contribution in [-0.2, 0) is 9.59 Å². The molecule has 0 saturated heterocycles. The van der Waals surface area contributed by atoms with Gasteiger partial charge >= 0.3 is 0 Å². The predicted molar refractivity (Wildman–Crippen MR) is 43.1 cm³/mol. The van der Waals surface area contributed by atoms with Crippen molar-refractivity contribution in [1.29, 1.82) is 0 Å². The van der Waals surface area contributed by atoms with E-state index >= 15 is 0 Å². The van der Waals surface area contributed by atoms with Crippen molar-refractivity contribution >= 4 is 12.2 Å². The minimum absolute atomic E-state index is 0.109. The lowest BCUT2D eigenvalue weighted by Crippen LogP contribution is -2.24. The predicted octanol–water partition coefficient (Wildman–Crippen LogP) is 0.658. The van der Waals surface area contributed by atoms with Crippen LogP contribution in [0.4, 0.5) is 0 Å². The molecule has 0 aliphatic heterocycles. The number of amides is 1. The first-order chi connectivity index (χ1) is 5.31. The fourth-order valence-corrected chi connectivity index (χ4v) is 0.585. The Kier molecular flexibility index (Phi) is 6.28. The van der Waals surface area contributed by atoms with E-state index in [1.165, 1.54) is 0 Å². The maximum Gasteiger partial charge on any atom is 0.224 e. The molecule has 0 radical (unpaired) electrons. The van der Waals surface area contributed by atoms with Crippen LogP contribution >= 0.6 is 0 Å². The molecule has 0 heterocycles. The van der Waals surface area contributed by atoms with Gasteiger partial charge in [-0.25, -0.2) is 0 Å². The number of aldehydes is 1. The molecule has 0 bridgehead atoms. The first-order valence-corrected chi connectivity index (χ1v) is 3.66. The van der Waals surface area contributed by atoms with Gasteiger partial charge in [0, 0.05) is 6.42 Å². The second kappa shape index (κ2) is 6.99. The first-order valence-electron chi connectivity index (χ1n) is 3.66. The number of hydrogen-bond donors (Lipinski definition) is 1. The van der Waals surface area contributed by atoms with Crippen LogP contribution in [0.15, 0.2) is 12.2 Å². The number of rotatable bonds is 5. The average Bonchev–Trinajstić information content (AvgIpc) is 2.01. The first kappa shape index (κ1) is 9.88. The summed E-state index contributed by atoms with van der Waals surface area (Å²) in [6, 6.07) is 0. The number of hydrogen-bond acceptors (Lipinski definition) is 2. The van der Waals surface area contributed by atoms with Crippen LogP contribution in [0, 0.1) is 0 Å². The molecule has 0 aliphatic carbocycles. The Labute approximate surface area is 66.5 Å². The van der Waals surface area contributed by atoms with E-state index in [4.69, 9.17) is 0 Å². The van der Waals surface area contributed by atoms with Gasteiger partial charge in [-0.2, -0.15) is 0 Å². The highest BCUT2D eigenvalue weighted by Gasteiger charge is 1.93. The van der Waals surface area contributed by atoms with Crippen molar-refractivity contribution in [3.05, 3.63) is 12.2 Å².